The van der Waals surface area contributed by atoms with Gasteiger partial charge in [0, 0.05) is 25.9 Å². The molecule has 1 aromatic rings. The Morgan fingerprint density at radius 1 is 1.10 bits per heavy atom. The summed E-state index contributed by atoms with van der Waals surface area (Å²) in [6.45, 7) is 0. The summed E-state index contributed by atoms with van der Waals surface area (Å²) < 4.78 is 0. The van der Waals surface area contributed by atoms with Crippen LogP contribution in [0.15, 0.2) is 12.4 Å². The number of nitrogens with zero attached hydrogens (tertiary/aromatic N) is 4. The van der Waals surface area contributed by atoms with Crippen molar-refractivity contribution < 1.29 is 19.2 Å². The molecule has 1 aromatic heterocycles. The fourth-order valence-corrected chi connectivity index (χ4v) is 2.58. The number of piperidine rings is 1. The summed E-state index contributed by atoms with van der Waals surface area (Å²) in [6, 6.07) is -0.942. The Hall–Kier alpha value is -2.64. The van der Waals surface area contributed by atoms with Crippen LogP contribution in [0, 0.1) is 0 Å². The third kappa shape index (κ3) is 1.99. The third-order valence-corrected chi connectivity index (χ3v) is 3.72. The van der Waals surface area contributed by atoms with Crippen molar-refractivity contribution in [1.82, 2.24) is 19.8 Å². The molecule has 1 unspecified atom stereocenters. The fraction of sp³-hybridized carbons (Fsp3) is 0.385. The third-order valence-electron chi connectivity index (χ3n) is 3.72. The number of imide groups is 2. The molecule has 4 amide bonds. The summed E-state index contributed by atoms with van der Waals surface area (Å²) in [6.07, 6.45) is 2.97. The molecule has 0 saturated carbocycles. The van der Waals surface area contributed by atoms with Gasteiger partial charge in [-0.25, -0.2) is 4.98 Å². The van der Waals surface area contributed by atoms with Crippen LogP contribution in [0.3, 0.4) is 0 Å². The highest BCUT2D eigenvalue weighted by atomic mass is 16.2. The molecular formula is C13H12N4O4. The van der Waals surface area contributed by atoms with Crippen LogP contribution in [-0.2, 0) is 20.8 Å². The second-order valence-electron chi connectivity index (χ2n) is 4.94. The monoisotopic (exact) mass is 288 g/mol. The van der Waals surface area contributed by atoms with Crippen LogP contribution in [0.2, 0.25) is 0 Å². The van der Waals surface area contributed by atoms with E-state index in [1.165, 1.54) is 19.4 Å². The summed E-state index contributed by atoms with van der Waals surface area (Å²) in [5, 5.41) is 0. The molecule has 0 spiro atoms. The Morgan fingerprint density at radius 2 is 1.81 bits per heavy atom. The Kier molecular flexibility index (Phi) is 3.00. The zero-order chi connectivity index (χ0) is 15.1. The van der Waals surface area contributed by atoms with Gasteiger partial charge in [-0.1, -0.05) is 0 Å². The molecule has 8 nitrogen and oxygen atoms in total. The molecule has 3 rings (SSSR count). The van der Waals surface area contributed by atoms with E-state index in [1.807, 2.05) is 0 Å². The van der Waals surface area contributed by atoms with E-state index in [2.05, 4.69) is 9.97 Å². The van der Waals surface area contributed by atoms with Gasteiger partial charge in [0.2, 0.25) is 11.8 Å². The minimum atomic E-state index is -0.942. The van der Waals surface area contributed by atoms with Gasteiger partial charge in [-0.15, -0.1) is 0 Å². The SMILES string of the molecule is CN1C(=O)CCC(N2C(=O)Cc3nccnc3C2=O)C1=O. The number of amides is 4. The van der Waals surface area contributed by atoms with E-state index in [9.17, 15) is 19.2 Å². The lowest BCUT2D eigenvalue weighted by atomic mass is 9.99. The maximum absolute atomic E-state index is 12.4. The van der Waals surface area contributed by atoms with Crippen LogP contribution in [0.5, 0.6) is 0 Å². The molecule has 21 heavy (non-hydrogen) atoms. The highest BCUT2D eigenvalue weighted by Gasteiger charge is 2.44. The summed E-state index contributed by atoms with van der Waals surface area (Å²) in [5.41, 5.74) is 0.404. The van der Waals surface area contributed by atoms with E-state index in [-0.39, 0.29) is 30.9 Å². The standard InChI is InChI=1S/C13H12N4O4/c1-16-9(18)3-2-8(12(16)20)17-10(19)6-7-11(13(17)21)15-5-4-14-7/h4-5,8H,2-3,6H2,1H3. The first kappa shape index (κ1) is 13.3. The van der Waals surface area contributed by atoms with Gasteiger partial charge < -0.3 is 0 Å². The van der Waals surface area contributed by atoms with Crippen LogP contribution in [0.1, 0.15) is 29.0 Å². The predicted molar refractivity (Wildman–Crippen MR) is 67.7 cm³/mol. The van der Waals surface area contributed by atoms with E-state index in [0.29, 0.717) is 5.69 Å². The maximum atomic E-state index is 12.4. The minimum absolute atomic E-state index is 0.0731. The average molecular weight is 288 g/mol. The number of likely N-dealkylation sites (tertiary alicyclic amines) is 1. The molecule has 1 saturated heterocycles. The smallest absolute Gasteiger partial charge is 0.281 e. The number of likely N-dealkylation sites (N-methyl/N-ethyl adjacent to an activating group) is 1. The van der Waals surface area contributed by atoms with Gasteiger partial charge >= 0.3 is 0 Å². The predicted octanol–water partition coefficient (Wildman–Crippen LogP) is -0.851. The van der Waals surface area contributed by atoms with Crippen molar-refractivity contribution in [2.24, 2.45) is 0 Å². The molecule has 2 aliphatic heterocycles. The van der Waals surface area contributed by atoms with Crippen molar-refractivity contribution in [3.63, 3.8) is 0 Å². The van der Waals surface area contributed by atoms with Crippen molar-refractivity contribution in [2.45, 2.75) is 25.3 Å². The van der Waals surface area contributed by atoms with E-state index in [4.69, 9.17) is 0 Å². The Balaban J connectivity index is 1.96. The average Bonchev–Trinajstić information content (AvgIpc) is 2.47. The molecule has 1 fully saturated rings. The van der Waals surface area contributed by atoms with Gasteiger partial charge in [0.1, 0.15) is 6.04 Å². The Bertz CT molecular complexity index is 672. The van der Waals surface area contributed by atoms with Gasteiger partial charge in [-0.2, -0.15) is 0 Å². The lowest BCUT2D eigenvalue weighted by molar-refractivity contribution is -0.153. The summed E-state index contributed by atoms with van der Waals surface area (Å²) in [5.74, 6) is -1.97. The van der Waals surface area contributed by atoms with Gasteiger partial charge in [0.25, 0.3) is 11.8 Å². The summed E-state index contributed by atoms with van der Waals surface area (Å²) in [7, 11) is 1.35. The molecule has 108 valence electrons. The summed E-state index contributed by atoms with van der Waals surface area (Å²) in [4.78, 5) is 58.0. The van der Waals surface area contributed by atoms with Crippen molar-refractivity contribution in [1.29, 1.82) is 0 Å². The van der Waals surface area contributed by atoms with Crippen LogP contribution in [-0.4, -0.2) is 56.5 Å². The fourth-order valence-electron chi connectivity index (χ4n) is 2.58. The lowest BCUT2D eigenvalue weighted by Crippen LogP contribution is -2.58. The topological polar surface area (TPSA) is 101 Å². The van der Waals surface area contributed by atoms with Crippen LogP contribution >= 0.6 is 0 Å². The molecule has 0 bridgehead atoms. The molecule has 0 aliphatic carbocycles. The highest BCUT2D eigenvalue weighted by molar-refractivity contribution is 6.12. The van der Waals surface area contributed by atoms with Crippen LogP contribution < -0.4 is 0 Å². The molecular weight excluding hydrogens is 276 g/mol. The van der Waals surface area contributed by atoms with Gasteiger partial charge in [0.05, 0.1) is 12.1 Å². The zero-order valence-electron chi connectivity index (χ0n) is 11.3. The van der Waals surface area contributed by atoms with Gasteiger partial charge in [-0.05, 0) is 6.42 Å². The van der Waals surface area contributed by atoms with Crippen molar-refractivity contribution >= 4 is 23.6 Å². The second-order valence-corrected chi connectivity index (χ2v) is 4.94. The van der Waals surface area contributed by atoms with E-state index >= 15 is 0 Å². The molecule has 2 aliphatic rings. The number of rotatable bonds is 1. The first-order valence-corrected chi connectivity index (χ1v) is 6.47. The van der Waals surface area contributed by atoms with Crippen LogP contribution in [0.25, 0.3) is 0 Å². The molecule has 8 heteroatoms. The van der Waals surface area contributed by atoms with Crippen molar-refractivity contribution in [3.8, 4) is 0 Å². The zero-order valence-corrected chi connectivity index (χ0v) is 11.3. The number of hydrogen-bond donors (Lipinski definition) is 0. The first-order chi connectivity index (χ1) is 10.0. The first-order valence-electron chi connectivity index (χ1n) is 6.47. The number of fused-ring (bicyclic) bond motifs is 1. The number of hydrogen-bond acceptors (Lipinski definition) is 6. The second kappa shape index (κ2) is 4.72. The number of aromatic nitrogens is 2. The maximum Gasteiger partial charge on any atom is 0.281 e. The molecule has 0 N–H and O–H groups in total. The summed E-state index contributed by atoms with van der Waals surface area (Å²) >= 11 is 0. The Labute approximate surface area is 119 Å². The number of carbonyl (C=O) groups excluding carboxylic acids is 4. The quantitative estimate of drug-likeness (QED) is 0.624. The van der Waals surface area contributed by atoms with Crippen molar-refractivity contribution in [3.05, 3.63) is 23.8 Å². The van der Waals surface area contributed by atoms with Crippen molar-refractivity contribution in [2.75, 3.05) is 7.05 Å². The van der Waals surface area contributed by atoms with Crippen LogP contribution in [0.4, 0.5) is 0 Å². The van der Waals surface area contributed by atoms with E-state index in [0.717, 1.165) is 9.80 Å². The minimum Gasteiger partial charge on any atom is -0.284 e. The molecule has 0 radical (unpaired) electrons. The van der Waals surface area contributed by atoms with E-state index < -0.39 is 23.8 Å². The molecule has 1 atom stereocenters. The van der Waals surface area contributed by atoms with Gasteiger partial charge in [0.15, 0.2) is 5.69 Å². The molecule has 3 heterocycles. The largest absolute Gasteiger partial charge is 0.284 e. The molecule has 0 aromatic carbocycles. The van der Waals surface area contributed by atoms with Gasteiger partial charge in [-0.3, -0.25) is 34.0 Å². The van der Waals surface area contributed by atoms with E-state index in [1.54, 1.807) is 0 Å². The highest BCUT2D eigenvalue weighted by Crippen LogP contribution is 2.24. The Morgan fingerprint density at radius 3 is 2.57 bits per heavy atom. The number of carbonyl (C=O) groups is 4. The lowest BCUT2D eigenvalue weighted by Gasteiger charge is -2.36. The normalized spacial score (nSPS) is 22.6.